The van der Waals surface area contributed by atoms with Gasteiger partial charge in [-0.05, 0) is 24.1 Å². The molecule has 0 aliphatic rings. The molecule has 0 atom stereocenters. The van der Waals surface area contributed by atoms with Gasteiger partial charge in [0, 0.05) is 17.0 Å². The molecule has 9 nitrogen and oxygen atoms in total. The first-order valence-electron chi connectivity index (χ1n) is 9.20. The van der Waals surface area contributed by atoms with E-state index in [9.17, 15) is 24.5 Å². The van der Waals surface area contributed by atoms with Crippen molar-refractivity contribution >= 4 is 38.8 Å². The number of aryl methyl sites for hydroxylation is 1. The average molecular weight is 436 g/mol. The molecule has 0 radical (unpaired) electrons. The lowest BCUT2D eigenvalue weighted by Gasteiger charge is -2.09. The Kier molecular flexibility index (Phi) is 5.22. The molecule has 0 unspecified atom stereocenters. The van der Waals surface area contributed by atoms with Crippen molar-refractivity contribution in [1.29, 1.82) is 0 Å². The number of thiophene rings is 1. The number of fused-ring (bicyclic) bond motifs is 1. The van der Waals surface area contributed by atoms with E-state index in [2.05, 4.69) is 10.3 Å². The first-order valence-corrected chi connectivity index (χ1v) is 10.0. The number of nitrogens with zero attached hydrogens (tertiary/aromatic N) is 2. The van der Waals surface area contributed by atoms with Crippen LogP contribution in [0.25, 0.3) is 20.7 Å². The summed E-state index contributed by atoms with van der Waals surface area (Å²) in [6.07, 6.45) is 0. The highest BCUT2D eigenvalue weighted by Gasteiger charge is 2.16. The van der Waals surface area contributed by atoms with Crippen molar-refractivity contribution in [1.82, 2.24) is 9.55 Å². The number of rotatable bonds is 5. The first-order chi connectivity index (χ1) is 14.8. The Bertz CT molecular complexity index is 1440. The van der Waals surface area contributed by atoms with Crippen molar-refractivity contribution in [3.05, 3.63) is 91.1 Å². The van der Waals surface area contributed by atoms with Gasteiger partial charge in [-0.25, -0.2) is 4.79 Å². The smallest absolute Gasteiger partial charge is 0.324 e. The van der Waals surface area contributed by atoms with Crippen LogP contribution >= 0.6 is 11.3 Å². The number of nitro groups is 1. The predicted molar refractivity (Wildman–Crippen MR) is 119 cm³/mol. The SMILES string of the molecule is Cc1ccc([N+](=O)[O-])cc1NC(=O)Cn1c(=O)[nH]c2sc(-c3ccccc3)cc2c1=O. The van der Waals surface area contributed by atoms with Gasteiger partial charge < -0.3 is 5.32 Å². The van der Waals surface area contributed by atoms with Crippen LogP contribution in [0.4, 0.5) is 11.4 Å². The van der Waals surface area contributed by atoms with Crippen LogP contribution < -0.4 is 16.6 Å². The second-order valence-electron chi connectivity index (χ2n) is 6.85. The number of hydrogen-bond acceptors (Lipinski definition) is 6. The molecule has 31 heavy (non-hydrogen) atoms. The number of carbonyl (C=O) groups is 1. The number of anilines is 1. The summed E-state index contributed by atoms with van der Waals surface area (Å²) < 4.78 is 0.811. The monoisotopic (exact) mass is 436 g/mol. The molecule has 10 heteroatoms. The van der Waals surface area contributed by atoms with Crippen molar-refractivity contribution in [3.63, 3.8) is 0 Å². The third-order valence-electron chi connectivity index (χ3n) is 4.74. The third-order valence-corrected chi connectivity index (χ3v) is 5.84. The lowest BCUT2D eigenvalue weighted by molar-refractivity contribution is -0.384. The van der Waals surface area contributed by atoms with E-state index in [4.69, 9.17) is 0 Å². The molecule has 2 N–H and O–H groups in total. The molecule has 2 aromatic carbocycles. The van der Waals surface area contributed by atoms with Gasteiger partial charge in [-0.15, -0.1) is 11.3 Å². The molecule has 2 aromatic heterocycles. The molecule has 0 bridgehead atoms. The minimum atomic E-state index is -0.704. The summed E-state index contributed by atoms with van der Waals surface area (Å²) in [5, 5.41) is 13.8. The van der Waals surface area contributed by atoms with Gasteiger partial charge in [0.1, 0.15) is 11.4 Å². The number of benzene rings is 2. The first kappa shape index (κ1) is 20.2. The Hall–Kier alpha value is -4.05. The summed E-state index contributed by atoms with van der Waals surface area (Å²) in [7, 11) is 0. The summed E-state index contributed by atoms with van der Waals surface area (Å²) in [6, 6.07) is 15.2. The van der Waals surface area contributed by atoms with E-state index >= 15 is 0 Å². The van der Waals surface area contributed by atoms with E-state index in [1.165, 1.54) is 29.5 Å². The molecule has 0 fully saturated rings. The maximum absolute atomic E-state index is 12.9. The zero-order chi connectivity index (χ0) is 22.1. The van der Waals surface area contributed by atoms with Gasteiger partial charge in [-0.2, -0.15) is 0 Å². The standard InChI is InChI=1S/C21H16N4O5S/c1-12-7-8-14(25(29)30)9-16(12)22-18(26)11-24-20(27)15-10-17(13-5-3-2-4-6-13)31-19(15)23-21(24)28/h2-10H,11H2,1H3,(H,22,26)(H,23,28). The number of nitrogens with one attached hydrogen (secondary N) is 2. The van der Waals surface area contributed by atoms with Gasteiger partial charge in [-0.3, -0.25) is 29.3 Å². The lowest BCUT2D eigenvalue weighted by atomic mass is 10.2. The zero-order valence-corrected chi connectivity index (χ0v) is 17.1. The molecule has 0 saturated heterocycles. The number of nitro benzene ring substituents is 1. The number of carbonyl (C=O) groups excluding carboxylic acids is 1. The zero-order valence-electron chi connectivity index (χ0n) is 16.2. The normalized spacial score (nSPS) is 10.9. The summed E-state index contributed by atoms with van der Waals surface area (Å²) in [5.41, 5.74) is 0.305. The Morgan fingerprint density at radius 1 is 1.16 bits per heavy atom. The van der Waals surface area contributed by atoms with E-state index in [0.717, 1.165) is 15.0 Å². The number of aromatic amines is 1. The van der Waals surface area contributed by atoms with Gasteiger partial charge in [0.25, 0.3) is 11.2 Å². The highest BCUT2D eigenvalue weighted by molar-refractivity contribution is 7.21. The fraction of sp³-hybridized carbons (Fsp3) is 0.0952. The number of hydrogen-bond donors (Lipinski definition) is 2. The fourth-order valence-corrected chi connectivity index (χ4v) is 4.17. The molecule has 0 aliphatic heterocycles. The topological polar surface area (TPSA) is 127 Å². The number of amides is 1. The van der Waals surface area contributed by atoms with E-state index in [1.54, 1.807) is 13.0 Å². The quantitative estimate of drug-likeness (QED) is 0.367. The van der Waals surface area contributed by atoms with Crippen molar-refractivity contribution in [3.8, 4) is 10.4 Å². The lowest BCUT2D eigenvalue weighted by Crippen LogP contribution is -2.38. The predicted octanol–water partition coefficient (Wildman–Crippen LogP) is 3.27. The van der Waals surface area contributed by atoms with E-state index in [0.29, 0.717) is 15.8 Å². The van der Waals surface area contributed by atoms with E-state index < -0.39 is 28.6 Å². The van der Waals surface area contributed by atoms with Gasteiger partial charge in [0.15, 0.2) is 0 Å². The Labute approximate surface area is 178 Å². The van der Waals surface area contributed by atoms with Gasteiger partial charge in [-0.1, -0.05) is 36.4 Å². The number of non-ortho nitro benzene ring substituents is 1. The summed E-state index contributed by atoms with van der Waals surface area (Å²) >= 11 is 1.28. The number of aromatic nitrogens is 2. The van der Waals surface area contributed by atoms with Crippen molar-refractivity contribution in [2.45, 2.75) is 13.5 Å². The summed E-state index contributed by atoms with van der Waals surface area (Å²) in [4.78, 5) is 52.1. The Morgan fingerprint density at radius 2 is 1.90 bits per heavy atom. The van der Waals surface area contributed by atoms with Crippen LogP contribution in [0.5, 0.6) is 0 Å². The second kappa shape index (κ2) is 8.00. The molecular formula is C21H16N4O5S. The van der Waals surface area contributed by atoms with Crippen LogP contribution in [0.15, 0.2) is 64.2 Å². The molecular weight excluding hydrogens is 420 g/mol. The van der Waals surface area contributed by atoms with E-state index in [-0.39, 0.29) is 11.4 Å². The summed E-state index contributed by atoms with van der Waals surface area (Å²) in [5.74, 6) is -0.644. The molecule has 0 aliphatic carbocycles. The summed E-state index contributed by atoms with van der Waals surface area (Å²) in [6.45, 7) is 1.16. The fourth-order valence-electron chi connectivity index (χ4n) is 3.12. The highest BCUT2D eigenvalue weighted by Crippen LogP contribution is 2.30. The minimum Gasteiger partial charge on any atom is -0.324 e. The molecule has 4 rings (SSSR count). The second-order valence-corrected chi connectivity index (χ2v) is 7.90. The minimum absolute atomic E-state index is 0.177. The molecule has 2 heterocycles. The maximum atomic E-state index is 12.9. The van der Waals surface area contributed by atoms with E-state index in [1.807, 2.05) is 30.3 Å². The van der Waals surface area contributed by atoms with Crippen molar-refractivity contribution in [2.75, 3.05) is 5.32 Å². The van der Waals surface area contributed by atoms with Gasteiger partial charge in [0.2, 0.25) is 5.91 Å². The van der Waals surface area contributed by atoms with Crippen LogP contribution in [-0.4, -0.2) is 20.4 Å². The van der Waals surface area contributed by atoms with Crippen LogP contribution in [0.3, 0.4) is 0 Å². The van der Waals surface area contributed by atoms with Crippen molar-refractivity contribution < 1.29 is 9.72 Å². The van der Waals surface area contributed by atoms with Gasteiger partial charge >= 0.3 is 5.69 Å². The Morgan fingerprint density at radius 3 is 2.61 bits per heavy atom. The maximum Gasteiger partial charge on any atom is 0.329 e. The third kappa shape index (κ3) is 4.01. The van der Waals surface area contributed by atoms with Crippen LogP contribution in [-0.2, 0) is 11.3 Å². The van der Waals surface area contributed by atoms with Crippen molar-refractivity contribution in [2.24, 2.45) is 0 Å². The van der Waals surface area contributed by atoms with Crippen LogP contribution in [0, 0.1) is 17.0 Å². The van der Waals surface area contributed by atoms with Gasteiger partial charge in [0.05, 0.1) is 16.0 Å². The molecule has 0 spiro atoms. The molecule has 1 amide bonds. The van der Waals surface area contributed by atoms with Crippen LogP contribution in [0.2, 0.25) is 0 Å². The molecule has 0 saturated carbocycles. The molecule has 156 valence electrons. The average Bonchev–Trinajstić information content (AvgIpc) is 3.17. The Balaban J connectivity index is 1.65. The highest BCUT2D eigenvalue weighted by atomic mass is 32.1. The van der Waals surface area contributed by atoms with Crippen LogP contribution in [0.1, 0.15) is 5.56 Å². The number of H-pyrrole nitrogens is 1. The largest absolute Gasteiger partial charge is 0.329 e. The molecule has 4 aromatic rings.